The highest BCUT2D eigenvalue weighted by Crippen LogP contribution is 2.58. The van der Waals surface area contributed by atoms with Gasteiger partial charge in [-0.15, -0.1) is 0 Å². The number of hydrogen-bond acceptors (Lipinski definition) is 9. The Morgan fingerprint density at radius 2 is 0.658 bits per heavy atom. The van der Waals surface area contributed by atoms with E-state index >= 15 is 0 Å². The minimum Gasteiger partial charge on any atom is -0.457 e. The van der Waals surface area contributed by atoms with Crippen LogP contribution in [0, 0.1) is 20.8 Å². The highest BCUT2D eigenvalue weighted by atomic mass is 16.7. The minimum absolute atomic E-state index is 0.0212. The SMILES string of the molecule is CCCCCC1c2cc3c4c(C)c2OCOc2c1cc1c(c2C)OCOc2c(cc5c(c2C[n+]2ccc(-c6ccncc6)cc2)OCOc2c(cc(c(c2C)OCO4)C3CCCCC)C5CCCCC)C1CCCCC. The largest absolute Gasteiger partial charge is 0.457 e. The van der Waals surface area contributed by atoms with Crippen LogP contribution >= 0.6 is 0 Å². The summed E-state index contributed by atoms with van der Waals surface area (Å²) in [7, 11) is 0. The second-order valence-electron chi connectivity index (χ2n) is 22.0. The molecule has 0 saturated heterocycles. The molecule has 6 aromatic rings. The van der Waals surface area contributed by atoms with Crippen LogP contribution in [-0.2, 0) is 6.54 Å². The predicted molar refractivity (Wildman–Crippen MR) is 297 cm³/mol. The Kier molecular flexibility index (Phi) is 15.7. The van der Waals surface area contributed by atoms with E-state index < -0.39 is 0 Å². The van der Waals surface area contributed by atoms with Gasteiger partial charge in [0.1, 0.15) is 51.6 Å². The smallest absolute Gasteiger partial charge is 0.230 e. The highest BCUT2D eigenvalue weighted by molar-refractivity contribution is 5.69. The Balaban J connectivity index is 1.26. The van der Waals surface area contributed by atoms with Gasteiger partial charge in [-0.1, -0.05) is 105 Å². The number of unbranched alkanes of at least 4 members (excludes halogenated alkanes) is 8. The molecule has 4 unspecified atom stereocenters. The van der Waals surface area contributed by atoms with E-state index in [4.69, 9.17) is 37.9 Å². The molecule has 1 aliphatic carbocycles. The Morgan fingerprint density at radius 3 is 0.961 bits per heavy atom. The van der Waals surface area contributed by atoms with Crippen molar-refractivity contribution in [3.63, 3.8) is 0 Å². The van der Waals surface area contributed by atoms with E-state index in [0.29, 0.717) is 6.54 Å². The first-order valence-electron chi connectivity index (χ1n) is 29.0. The summed E-state index contributed by atoms with van der Waals surface area (Å²) < 4.78 is 58.1. The molecule has 11 rings (SSSR count). The Labute approximate surface area is 451 Å². The van der Waals surface area contributed by atoms with Crippen LogP contribution in [0.5, 0.6) is 46.0 Å². The van der Waals surface area contributed by atoms with Crippen LogP contribution in [0.4, 0.5) is 0 Å². The van der Waals surface area contributed by atoms with Crippen LogP contribution < -0.4 is 42.5 Å². The summed E-state index contributed by atoms with van der Waals surface area (Å²) in [6.45, 7) is 16.4. The molecular formula is C66H79N2O8+. The van der Waals surface area contributed by atoms with E-state index in [1.807, 2.05) is 12.4 Å². The summed E-state index contributed by atoms with van der Waals surface area (Å²) in [5.74, 6) is 6.56. The zero-order valence-electron chi connectivity index (χ0n) is 46.2. The van der Waals surface area contributed by atoms with Gasteiger partial charge in [-0.25, -0.2) is 4.57 Å². The molecule has 76 heavy (non-hydrogen) atoms. The second-order valence-corrected chi connectivity index (χ2v) is 22.0. The molecule has 0 spiro atoms. The fraction of sp³-hybridized carbons (Fsp3) is 0.485. The zero-order chi connectivity index (χ0) is 52.3. The van der Waals surface area contributed by atoms with Gasteiger partial charge >= 0.3 is 0 Å². The third-order valence-corrected chi connectivity index (χ3v) is 17.2. The van der Waals surface area contributed by atoms with Crippen LogP contribution in [0.3, 0.4) is 0 Å². The van der Waals surface area contributed by atoms with Gasteiger partial charge in [0, 0.05) is 109 Å². The lowest BCUT2D eigenvalue weighted by Gasteiger charge is -2.37. The monoisotopic (exact) mass is 1030 g/mol. The lowest BCUT2D eigenvalue weighted by molar-refractivity contribution is -0.688. The molecule has 4 aliphatic heterocycles. The van der Waals surface area contributed by atoms with E-state index in [1.54, 1.807) is 0 Å². The molecule has 400 valence electrons. The van der Waals surface area contributed by atoms with E-state index in [-0.39, 0.29) is 50.8 Å². The van der Waals surface area contributed by atoms with Crippen LogP contribution in [-0.4, -0.2) is 32.2 Å². The summed E-state index contributed by atoms with van der Waals surface area (Å²) in [6.07, 6.45) is 24.9. The number of benzene rings is 4. The van der Waals surface area contributed by atoms with E-state index in [1.165, 1.54) is 44.5 Å². The first-order chi connectivity index (χ1) is 37.3. The van der Waals surface area contributed by atoms with E-state index in [2.05, 4.69) is 119 Å². The molecule has 0 N–H and O–H groups in total. The standard InChI is InChI=1S/C66H79N2O8/c1-8-12-16-20-46-50-32-51-47(21-17-13-9-2)53-34-55-49(23-19-15-11-4)57-35-56-48(22-18-14-10-3)54-33-52(46)61-42(6)63(54)73-39-75-65(56)58(36-68-30-26-45(27-31-68)44-24-28-67-29-25-44)66(57)76-40-74-64(55)43(7)62(53)72-38-70-60(51)41(5)59(50)69-37-71-61/h24-35,46-49H,8-23,36-40H2,1-7H3/q+1. The molecule has 0 fully saturated rings. The van der Waals surface area contributed by atoms with Gasteiger partial charge in [0.2, 0.25) is 27.2 Å². The topological polar surface area (TPSA) is 90.6 Å². The zero-order valence-corrected chi connectivity index (χ0v) is 46.2. The van der Waals surface area contributed by atoms with Crippen LogP contribution in [0.2, 0.25) is 0 Å². The van der Waals surface area contributed by atoms with Crippen molar-refractivity contribution >= 4 is 0 Å². The molecule has 10 heteroatoms. The quantitative estimate of drug-likeness (QED) is 0.0581. The molecule has 6 heterocycles. The van der Waals surface area contributed by atoms with Gasteiger partial charge in [0.25, 0.3) is 0 Å². The summed E-state index contributed by atoms with van der Waals surface area (Å²) in [5.41, 5.74) is 15.8. The Morgan fingerprint density at radius 1 is 0.382 bits per heavy atom. The molecule has 4 aromatic carbocycles. The summed E-state index contributed by atoms with van der Waals surface area (Å²) in [4.78, 5) is 4.28. The fourth-order valence-electron chi connectivity index (χ4n) is 13.3. The van der Waals surface area contributed by atoms with Crippen LogP contribution in [0.1, 0.15) is 221 Å². The molecule has 0 saturated carbocycles. The number of hydrogen-bond donors (Lipinski definition) is 0. The highest BCUT2D eigenvalue weighted by Gasteiger charge is 2.41. The fourth-order valence-corrected chi connectivity index (χ4v) is 13.3. The van der Waals surface area contributed by atoms with Gasteiger partial charge in [0.05, 0.1) is 0 Å². The van der Waals surface area contributed by atoms with Crippen molar-refractivity contribution in [1.29, 1.82) is 0 Å². The average Bonchev–Trinajstić information content (AvgIpc) is 3.50. The van der Waals surface area contributed by atoms with Gasteiger partial charge in [-0.05, 0) is 94.0 Å². The van der Waals surface area contributed by atoms with Crippen molar-refractivity contribution in [2.75, 3.05) is 27.2 Å². The van der Waals surface area contributed by atoms with Crippen molar-refractivity contribution in [1.82, 2.24) is 4.98 Å². The lowest BCUT2D eigenvalue weighted by Crippen LogP contribution is -2.34. The normalized spacial score (nSPS) is 18.4. The van der Waals surface area contributed by atoms with Gasteiger partial charge in [0.15, 0.2) is 18.9 Å². The molecule has 4 atom stereocenters. The molecule has 5 aliphatic rings. The van der Waals surface area contributed by atoms with Gasteiger partial charge < -0.3 is 37.9 Å². The maximum atomic E-state index is 7.15. The summed E-state index contributed by atoms with van der Waals surface area (Å²) >= 11 is 0. The first kappa shape index (κ1) is 51.7. The predicted octanol–water partition coefficient (Wildman–Crippen LogP) is 16.1. The van der Waals surface area contributed by atoms with Crippen molar-refractivity contribution in [2.24, 2.45) is 0 Å². The number of rotatable bonds is 19. The lowest BCUT2D eigenvalue weighted by atomic mass is 9.74. The minimum atomic E-state index is -0.0681. The third kappa shape index (κ3) is 9.72. The van der Waals surface area contributed by atoms with Crippen molar-refractivity contribution in [2.45, 2.75) is 181 Å². The third-order valence-electron chi connectivity index (χ3n) is 17.2. The van der Waals surface area contributed by atoms with Crippen LogP contribution in [0.25, 0.3) is 11.1 Å². The summed E-state index contributed by atoms with van der Waals surface area (Å²) in [6, 6.07) is 18.5. The molecule has 0 amide bonds. The van der Waals surface area contributed by atoms with Crippen molar-refractivity contribution in [3.8, 4) is 57.1 Å². The average molecular weight is 1030 g/mol. The van der Waals surface area contributed by atoms with Gasteiger partial charge in [-0.3, -0.25) is 4.98 Å². The second kappa shape index (κ2) is 23.0. The molecule has 8 bridgehead atoms. The molecule has 0 radical (unpaired) electrons. The summed E-state index contributed by atoms with van der Waals surface area (Å²) in [5, 5.41) is 0. The number of pyridine rings is 2. The first-order valence-corrected chi connectivity index (χ1v) is 29.0. The Bertz CT molecular complexity index is 2890. The van der Waals surface area contributed by atoms with Crippen LogP contribution in [0.15, 0.2) is 73.3 Å². The molecular weight excluding hydrogens is 949 g/mol. The maximum absolute atomic E-state index is 7.15. The Hall–Kier alpha value is -6.42. The van der Waals surface area contributed by atoms with Gasteiger partial charge in [-0.2, -0.15) is 0 Å². The number of ether oxygens (including phenoxy) is 8. The van der Waals surface area contributed by atoms with E-state index in [9.17, 15) is 0 Å². The maximum Gasteiger partial charge on any atom is 0.230 e. The number of nitrogens with zero attached hydrogens (tertiary/aromatic N) is 2. The van der Waals surface area contributed by atoms with Crippen molar-refractivity contribution in [3.05, 3.63) is 140 Å². The molecule has 2 aromatic heterocycles. The molecule has 10 nitrogen and oxygen atoms in total. The number of aromatic nitrogens is 2. The van der Waals surface area contributed by atoms with Crippen molar-refractivity contribution < 1.29 is 42.5 Å². The van der Waals surface area contributed by atoms with E-state index in [0.717, 1.165) is 182 Å².